The number of carbonyl (C=O) groups is 2. The van der Waals surface area contributed by atoms with Crippen LogP contribution in [-0.2, 0) is 19.2 Å². The van der Waals surface area contributed by atoms with Crippen LogP contribution in [0.1, 0.15) is 103 Å². The van der Waals surface area contributed by atoms with Gasteiger partial charge in [-0.2, -0.15) is 0 Å². The number of hydrogen-bond acceptors (Lipinski definition) is 10. The molecule has 0 amide bonds. The molecule has 1 aromatic carbocycles. The topological polar surface area (TPSA) is 155 Å². The molecule has 49 heavy (non-hydrogen) atoms. The summed E-state index contributed by atoms with van der Waals surface area (Å²) in [4.78, 5) is 39.4. The molecule has 4 saturated carbocycles. The van der Waals surface area contributed by atoms with Gasteiger partial charge in [0, 0.05) is 12.5 Å². The minimum absolute atomic E-state index is 0.0447. The largest absolute Gasteiger partial charge is 0.493 e. The fourth-order valence-corrected chi connectivity index (χ4v) is 10.5. The molecule has 0 aromatic heterocycles. The van der Waals surface area contributed by atoms with E-state index in [9.17, 15) is 29.9 Å². The monoisotopic (exact) mass is 685 g/mol. The number of nitrogens with zero attached hydrogens (tertiary/aromatic N) is 1. The third-order valence-electron chi connectivity index (χ3n) is 13.0. The number of methoxy groups -OCH3 is 1. The summed E-state index contributed by atoms with van der Waals surface area (Å²) < 4.78 is 16.3. The summed E-state index contributed by atoms with van der Waals surface area (Å²) in [6, 6.07) is 5.05. The molecule has 11 heteroatoms. The van der Waals surface area contributed by atoms with E-state index in [1.807, 2.05) is 0 Å². The third kappa shape index (κ3) is 8.25. The lowest BCUT2D eigenvalue weighted by molar-refractivity contribution is -0.757. The Hall–Kier alpha value is -3.18. The summed E-state index contributed by atoms with van der Waals surface area (Å²) in [6.45, 7) is 7.24. The summed E-state index contributed by atoms with van der Waals surface area (Å²) in [7, 11) is 1.49. The Kier molecular flexibility index (Phi) is 12.0. The Morgan fingerprint density at radius 2 is 1.76 bits per heavy atom. The second-order valence-corrected chi connectivity index (χ2v) is 15.6. The van der Waals surface area contributed by atoms with Gasteiger partial charge < -0.3 is 29.3 Å². The molecule has 0 spiro atoms. The molecule has 7 unspecified atom stereocenters. The Morgan fingerprint density at radius 1 is 1.02 bits per heavy atom. The highest BCUT2D eigenvalue weighted by atomic mass is 16.9. The zero-order valence-electron chi connectivity index (χ0n) is 29.5. The molecule has 0 aliphatic heterocycles. The van der Waals surface area contributed by atoms with E-state index in [4.69, 9.17) is 14.2 Å². The van der Waals surface area contributed by atoms with E-state index in [1.54, 1.807) is 24.3 Å². The van der Waals surface area contributed by atoms with Crippen molar-refractivity contribution in [1.29, 1.82) is 0 Å². The minimum Gasteiger partial charge on any atom is -0.493 e. The number of aliphatic hydroxyl groups excluding tert-OH is 2. The molecule has 2 N–H and O–H groups in total. The van der Waals surface area contributed by atoms with Gasteiger partial charge in [-0.05, 0) is 141 Å². The number of rotatable bonds is 14. The first-order chi connectivity index (χ1) is 23.4. The standard InChI is InChI=1S/C38H55NO10/c1-24(28-10-11-29-36-30(16-18-38(28,29)3)37(2)17-15-27(40)22-26(37)23-31(36)41)7-13-35(43)49-32-12-8-25(21-33(32)46-4)9-14-34(42)47-19-5-6-20-48-39(44)45/h8-9,12,14,21,24,26-31,36,40-41H,5-7,10-11,13,15-20,22-23H2,1-4H3/b14-9+/t24?,26?,27-,28-,29?,30?,31+,36?,37?,38?/m1/s1. The van der Waals surface area contributed by atoms with Crippen LogP contribution in [0.2, 0.25) is 0 Å². The molecule has 4 aliphatic rings. The Balaban J connectivity index is 1.11. The molecule has 11 nitrogen and oxygen atoms in total. The number of aliphatic hydroxyl groups is 2. The first-order valence-corrected chi connectivity index (χ1v) is 18.2. The van der Waals surface area contributed by atoms with E-state index in [0.29, 0.717) is 71.8 Å². The van der Waals surface area contributed by atoms with Crippen LogP contribution in [0.25, 0.3) is 6.08 Å². The fraction of sp³-hybridized carbons (Fsp3) is 0.737. The van der Waals surface area contributed by atoms with Crippen molar-refractivity contribution in [2.24, 2.45) is 46.3 Å². The van der Waals surface area contributed by atoms with Crippen molar-refractivity contribution in [2.45, 2.75) is 110 Å². The van der Waals surface area contributed by atoms with E-state index < -0.39 is 11.1 Å². The van der Waals surface area contributed by atoms with Gasteiger partial charge in [0.15, 0.2) is 11.5 Å². The van der Waals surface area contributed by atoms with E-state index in [1.165, 1.54) is 13.2 Å². The highest BCUT2D eigenvalue weighted by Gasteiger charge is 2.62. The van der Waals surface area contributed by atoms with Gasteiger partial charge in [-0.15, -0.1) is 10.1 Å². The zero-order chi connectivity index (χ0) is 35.3. The maximum Gasteiger partial charge on any atom is 0.330 e. The van der Waals surface area contributed by atoms with Gasteiger partial charge in [-0.1, -0.05) is 26.8 Å². The predicted molar refractivity (Wildman–Crippen MR) is 182 cm³/mol. The van der Waals surface area contributed by atoms with Crippen LogP contribution in [0, 0.1) is 56.5 Å². The lowest BCUT2D eigenvalue weighted by Gasteiger charge is -2.62. The Morgan fingerprint density at radius 3 is 2.51 bits per heavy atom. The van der Waals surface area contributed by atoms with Crippen LogP contribution in [-0.4, -0.2) is 59.8 Å². The molecular formula is C38H55NO10. The number of ether oxygens (including phenoxy) is 3. The molecule has 0 heterocycles. The maximum absolute atomic E-state index is 13.0. The van der Waals surface area contributed by atoms with E-state index >= 15 is 0 Å². The number of fused-ring (bicyclic) bond motifs is 5. The molecule has 1 aromatic rings. The average molecular weight is 686 g/mol. The van der Waals surface area contributed by atoms with Gasteiger partial charge in [0.05, 0.1) is 32.5 Å². The van der Waals surface area contributed by atoms with Crippen LogP contribution < -0.4 is 9.47 Å². The molecule has 4 aliphatic carbocycles. The minimum atomic E-state index is -0.853. The molecule has 4 fully saturated rings. The second-order valence-electron chi connectivity index (χ2n) is 15.6. The van der Waals surface area contributed by atoms with Crippen molar-refractivity contribution in [1.82, 2.24) is 0 Å². The normalized spacial score (nSPS) is 34.3. The SMILES string of the molecule is COc1cc(/C=C/C(=O)OCCCCO[N+](=O)[O-])ccc1OC(=O)CCC(C)[C@H]1CCC2C3C(CCC21C)C1(C)CC[C@@H](O)CC1C[C@@H]3O. The quantitative estimate of drug-likeness (QED) is 0.0550. The summed E-state index contributed by atoms with van der Waals surface area (Å²) in [5.41, 5.74) is 1.02. The lowest BCUT2D eigenvalue weighted by Crippen LogP contribution is -2.58. The summed E-state index contributed by atoms with van der Waals surface area (Å²) in [6.07, 6.45) is 12.3. The maximum atomic E-state index is 13.0. The van der Waals surface area contributed by atoms with Crippen molar-refractivity contribution < 1.29 is 43.9 Å². The molecule has 272 valence electrons. The smallest absolute Gasteiger partial charge is 0.330 e. The fourth-order valence-electron chi connectivity index (χ4n) is 10.5. The first kappa shape index (κ1) is 37.1. The predicted octanol–water partition coefficient (Wildman–Crippen LogP) is 6.55. The van der Waals surface area contributed by atoms with Crippen molar-refractivity contribution in [3.05, 3.63) is 40.0 Å². The zero-order valence-corrected chi connectivity index (χ0v) is 29.5. The second kappa shape index (κ2) is 15.8. The number of carbonyl (C=O) groups excluding carboxylic acids is 2. The molecule has 0 saturated heterocycles. The van der Waals surface area contributed by atoms with E-state index in [0.717, 1.165) is 57.8 Å². The highest BCUT2D eigenvalue weighted by molar-refractivity contribution is 5.87. The van der Waals surface area contributed by atoms with E-state index in [2.05, 4.69) is 25.6 Å². The number of unbranched alkanes of at least 4 members (excludes halogenated alkanes) is 1. The van der Waals surface area contributed by atoms with Crippen LogP contribution in [0.5, 0.6) is 11.5 Å². The summed E-state index contributed by atoms with van der Waals surface area (Å²) in [5.74, 6) is 2.41. The molecule has 0 radical (unpaired) electrons. The Labute approximate surface area is 289 Å². The van der Waals surface area contributed by atoms with Crippen LogP contribution in [0.15, 0.2) is 24.3 Å². The van der Waals surface area contributed by atoms with Crippen molar-refractivity contribution in [3.8, 4) is 11.5 Å². The van der Waals surface area contributed by atoms with Crippen molar-refractivity contribution in [2.75, 3.05) is 20.3 Å². The summed E-state index contributed by atoms with van der Waals surface area (Å²) >= 11 is 0. The van der Waals surface area contributed by atoms with Gasteiger partial charge >= 0.3 is 11.9 Å². The van der Waals surface area contributed by atoms with Gasteiger partial charge in [-0.3, -0.25) is 4.79 Å². The van der Waals surface area contributed by atoms with E-state index in [-0.39, 0.29) is 42.2 Å². The lowest BCUT2D eigenvalue weighted by atomic mass is 9.43. The van der Waals surface area contributed by atoms with Gasteiger partial charge in [0.1, 0.15) is 0 Å². The van der Waals surface area contributed by atoms with Crippen LogP contribution in [0.4, 0.5) is 0 Å². The average Bonchev–Trinajstić information content (AvgIpc) is 3.42. The van der Waals surface area contributed by atoms with Crippen molar-refractivity contribution in [3.63, 3.8) is 0 Å². The van der Waals surface area contributed by atoms with Crippen molar-refractivity contribution >= 4 is 18.0 Å². The molecule has 0 bridgehead atoms. The van der Waals surface area contributed by atoms with Gasteiger partial charge in [-0.25, -0.2) is 4.79 Å². The summed E-state index contributed by atoms with van der Waals surface area (Å²) in [5, 5.41) is 31.2. The van der Waals surface area contributed by atoms with Crippen LogP contribution >= 0.6 is 0 Å². The Bertz CT molecular complexity index is 1370. The number of benzene rings is 1. The molecule has 10 atom stereocenters. The number of hydrogen-bond donors (Lipinski definition) is 2. The van der Waals surface area contributed by atoms with Gasteiger partial charge in [0.2, 0.25) is 0 Å². The van der Waals surface area contributed by atoms with Crippen LogP contribution in [0.3, 0.4) is 0 Å². The van der Waals surface area contributed by atoms with Gasteiger partial charge in [0.25, 0.3) is 5.09 Å². The third-order valence-corrected chi connectivity index (χ3v) is 13.0. The highest BCUT2D eigenvalue weighted by Crippen LogP contribution is 2.68. The molecule has 5 rings (SSSR count). The first-order valence-electron chi connectivity index (χ1n) is 18.2. The molecular weight excluding hydrogens is 630 g/mol. The number of esters is 2.